The van der Waals surface area contributed by atoms with Crippen molar-refractivity contribution in [2.24, 2.45) is 0 Å². The van der Waals surface area contributed by atoms with Crippen LogP contribution in [0.2, 0.25) is 0 Å². The van der Waals surface area contributed by atoms with Crippen molar-refractivity contribution in [2.45, 2.75) is 39.2 Å². The lowest BCUT2D eigenvalue weighted by Gasteiger charge is -2.28. The van der Waals surface area contributed by atoms with Crippen LogP contribution in [-0.2, 0) is 22.4 Å². The van der Waals surface area contributed by atoms with E-state index in [1.807, 2.05) is 67.6 Å². The Hall–Kier alpha value is -2.62. The number of nitrogens with one attached hydrogen (secondary N) is 1. The third-order valence-corrected chi connectivity index (χ3v) is 4.47. The van der Waals surface area contributed by atoms with Crippen LogP contribution in [0.5, 0.6) is 0 Å². The molecule has 0 aliphatic rings. The third-order valence-electron chi connectivity index (χ3n) is 4.47. The minimum absolute atomic E-state index is 0.0172. The highest BCUT2D eigenvalue weighted by Gasteiger charge is 2.25. The second-order valence-corrected chi connectivity index (χ2v) is 6.38. The molecule has 1 N–H and O–H groups in total. The quantitative estimate of drug-likeness (QED) is 0.753. The maximum absolute atomic E-state index is 12.8. The molecule has 4 heteroatoms. The molecule has 2 aromatic rings. The molecular formula is C22H28N2O2. The first-order chi connectivity index (χ1) is 12.6. The van der Waals surface area contributed by atoms with Crippen LogP contribution in [0.25, 0.3) is 0 Å². The van der Waals surface area contributed by atoms with Crippen molar-refractivity contribution in [3.05, 3.63) is 71.8 Å². The Morgan fingerprint density at radius 2 is 1.46 bits per heavy atom. The second-order valence-electron chi connectivity index (χ2n) is 6.38. The van der Waals surface area contributed by atoms with Crippen LogP contribution in [0.1, 0.15) is 31.4 Å². The number of rotatable bonds is 9. The van der Waals surface area contributed by atoms with E-state index in [2.05, 4.69) is 5.32 Å². The number of carbonyl (C=O) groups excluding carboxylic acids is 2. The Bertz CT molecular complexity index is 686. The third kappa shape index (κ3) is 6.03. The van der Waals surface area contributed by atoms with Crippen molar-refractivity contribution in [3.63, 3.8) is 0 Å². The SMILES string of the molecule is CCNC(=O)[C@H](C)N(CCc1ccccc1)C(=O)CCc1ccccc1. The largest absolute Gasteiger partial charge is 0.355 e. The van der Waals surface area contributed by atoms with Gasteiger partial charge in [-0.1, -0.05) is 60.7 Å². The summed E-state index contributed by atoms with van der Waals surface area (Å²) in [6.07, 6.45) is 1.83. The van der Waals surface area contributed by atoms with Gasteiger partial charge in [0.1, 0.15) is 6.04 Å². The van der Waals surface area contributed by atoms with E-state index < -0.39 is 6.04 Å². The highest BCUT2D eigenvalue weighted by Crippen LogP contribution is 2.10. The lowest BCUT2D eigenvalue weighted by molar-refractivity contribution is -0.139. The molecule has 0 fully saturated rings. The number of nitrogens with zero attached hydrogens (tertiary/aromatic N) is 1. The van der Waals surface area contributed by atoms with Gasteiger partial charge in [-0.25, -0.2) is 0 Å². The first kappa shape index (κ1) is 19.7. The first-order valence-corrected chi connectivity index (χ1v) is 9.26. The minimum Gasteiger partial charge on any atom is -0.355 e. The maximum Gasteiger partial charge on any atom is 0.242 e. The molecule has 0 spiro atoms. The highest BCUT2D eigenvalue weighted by molar-refractivity contribution is 5.87. The smallest absolute Gasteiger partial charge is 0.242 e. The second kappa shape index (κ2) is 10.4. The van der Waals surface area contributed by atoms with E-state index in [-0.39, 0.29) is 11.8 Å². The summed E-state index contributed by atoms with van der Waals surface area (Å²) >= 11 is 0. The van der Waals surface area contributed by atoms with Gasteiger partial charge in [0.2, 0.25) is 11.8 Å². The van der Waals surface area contributed by atoms with Gasteiger partial charge in [0.25, 0.3) is 0 Å². The van der Waals surface area contributed by atoms with Gasteiger partial charge in [-0.3, -0.25) is 9.59 Å². The Morgan fingerprint density at radius 3 is 2.00 bits per heavy atom. The Kier molecular flexibility index (Phi) is 7.87. The fourth-order valence-electron chi connectivity index (χ4n) is 2.93. The predicted molar refractivity (Wildman–Crippen MR) is 105 cm³/mol. The van der Waals surface area contributed by atoms with Gasteiger partial charge in [0.05, 0.1) is 0 Å². The van der Waals surface area contributed by atoms with E-state index in [1.165, 1.54) is 0 Å². The van der Waals surface area contributed by atoms with Crippen molar-refractivity contribution in [1.82, 2.24) is 10.2 Å². The van der Waals surface area contributed by atoms with Crippen LogP contribution in [0, 0.1) is 0 Å². The zero-order valence-corrected chi connectivity index (χ0v) is 15.7. The molecule has 138 valence electrons. The number of hydrogen-bond acceptors (Lipinski definition) is 2. The molecule has 26 heavy (non-hydrogen) atoms. The molecule has 0 heterocycles. The van der Waals surface area contributed by atoms with E-state index in [1.54, 1.807) is 11.8 Å². The van der Waals surface area contributed by atoms with Crippen molar-refractivity contribution >= 4 is 11.8 Å². The molecule has 1 atom stereocenters. The van der Waals surface area contributed by atoms with Crippen molar-refractivity contribution in [1.29, 1.82) is 0 Å². The predicted octanol–water partition coefficient (Wildman–Crippen LogP) is 3.22. The topological polar surface area (TPSA) is 49.4 Å². The molecule has 0 aliphatic carbocycles. The van der Waals surface area contributed by atoms with Gasteiger partial charge in [-0.15, -0.1) is 0 Å². The normalized spacial score (nSPS) is 11.6. The Balaban J connectivity index is 2.02. The summed E-state index contributed by atoms with van der Waals surface area (Å²) in [7, 11) is 0. The van der Waals surface area contributed by atoms with E-state index in [0.29, 0.717) is 25.9 Å². The number of amides is 2. The maximum atomic E-state index is 12.8. The lowest BCUT2D eigenvalue weighted by atomic mass is 10.1. The van der Waals surface area contributed by atoms with E-state index in [0.717, 1.165) is 17.5 Å². The van der Waals surface area contributed by atoms with Gasteiger partial charge in [-0.05, 0) is 37.8 Å². The lowest BCUT2D eigenvalue weighted by Crippen LogP contribution is -2.48. The van der Waals surface area contributed by atoms with E-state index in [4.69, 9.17) is 0 Å². The fraction of sp³-hybridized carbons (Fsp3) is 0.364. The number of carbonyl (C=O) groups is 2. The number of likely N-dealkylation sites (N-methyl/N-ethyl adjacent to an activating group) is 1. The summed E-state index contributed by atoms with van der Waals surface area (Å²) in [5, 5.41) is 2.82. The van der Waals surface area contributed by atoms with Crippen molar-refractivity contribution in [3.8, 4) is 0 Å². The van der Waals surface area contributed by atoms with Crippen LogP contribution in [0.4, 0.5) is 0 Å². The molecule has 0 radical (unpaired) electrons. The summed E-state index contributed by atoms with van der Waals surface area (Å²) < 4.78 is 0. The van der Waals surface area contributed by atoms with Crippen molar-refractivity contribution in [2.75, 3.05) is 13.1 Å². The Morgan fingerprint density at radius 1 is 0.923 bits per heavy atom. The average molecular weight is 352 g/mol. The molecule has 2 amide bonds. The monoisotopic (exact) mass is 352 g/mol. The number of benzene rings is 2. The number of aryl methyl sites for hydroxylation is 1. The molecule has 0 saturated heterocycles. The molecule has 0 saturated carbocycles. The Labute approximate surface area is 156 Å². The molecule has 0 aromatic heterocycles. The van der Waals surface area contributed by atoms with Crippen LogP contribution in [-0.4, -0.2) is 35.8 Å². The van der Waals surface area contributed by atoms with Crippen LogP contribution in [0.3, 0.4) is 0 Å². The first-order valence-electron chi connectivity index (χ1n) is 9.26. The zero-order valence-electron chi connectivity index (χ0n) is 15.7. The molecule has 0 unspecified atom stereocenters. The van der Waals surface area contributed by atoms with E-state index in [9.17, 15) is 9.59 Å². The zero-order chi connectivity index (χ0) is 18.8. The molecule has 0 bridgehead atoms. The van der Waals surface area contributed by atoms with Crippen LogP contribution in [0.15, 0.2) is 60.7 Å². The summed E-state index contributed by atoms with van der Waals surface area (Å²) in [6, 6.07) is 19.5. The molecule has 2 aromatic carbocycles. The van der Waals surface area contributed by atoms with Gasteiger partial charge in [0.15, 0.2) is 0 Å². The summed E-state index contributed by atoms with van der Waals surface area (Å²) in [5.41, 5.74) is 2.30. The molecular weight excluding hydrogens is 324 g/mol. The molecule has 0 aliphatic heterocycles. The van der Waals surface area contributed by atoms with Crippen LogP contribution < -0.4 is 5.32 Å². The summed E-state index contributed by atoms with van der Waals surface area (Å²) in [6.45, 7) is 4.79. The summed E-state index contributed by atoms with van der Waals surface area (Å²) in [4.78, 5) is 26.8. The van der Waals surface area contributed by atoms with Gasteiger partial charge < -0.3 is 10.2 Å². The highest BCUT2D eigenvalue weighted by atomic mass is 16.2. The van der Waals surface area contributed by atoms with Crippen LogP contribution >= 0.6 is 0 Å². The van der Waals surface area contributed by atoms with Gasteiger partial charge in [-0.2, -0.15) is 0 Å². The molecule has 4 nitrogen and oxygen atoms in total. The molecule has 2 rings (SSSR count). The standard InChI is InChI=1S/C22H28N2O2/c1-3-23-22(26)18(2)24(17-16-20-12-8-5-9-13-20)21(25)15-14-19-10-6-4-7-11-19/h4-13,18H,3,14-17H2,1-2H3,(H,23,26)/t18-/m0/s1. The van der Waals surface area contributed by atoms with Crippen molar-refractivity contribution < 1.29 is 9.59 Å². The fourth-order valence-corrected chi connectivity index (χ4v) is 2.93. The minimum atomic E-state index is -0.470. The average Bonchev–Trinajstić information content (AvgIpc) is 2.68. The summed E-state index contributed by atoms with van der Waals surface area (Å²) in [5.74, 6) is -0.0860. The van der Waals surface area contributed by atoms with E-state index >= 15 is 0 Å². The van der Waals surface area contributed by atoms with Gasteiger partial charge >= 0.3 is 0 Å². The van der Waals surface area contributed by atoms with Gasteiger partial charge in [0, 0.05) is 19.5 Å². The number of hydrogen-bond donors (Lipinski definition) is 1.